The van der Waals surface area contributed by atoms with Crippen molar-refractivity contribution in [3.05, 3.63) is 65.5 Å². The van der Waals surface area contributed by atoms with E-state index in [1.807, 2.05) is 55.5 Å². The number of carbonyl (C=O) groups is 1. The zero-order chi connectivity index (χ0) is 22.0. The number of nitrogens with one attached hydrogen (secondary N) is 2. The molecule has 0 aliphatic heterocycles. The summed E-state index contributed by atoms with van der Waals surface area (Å²) in [4.78, 5) is 13.2. The van der Waals surface area contributed by atoms with Gasteiger partial charge in [0.15, 0.2) is 10.9 Å². The second-order valence-electron chi connectivity index (χ2n) is 7.33. The van der Waals surface area contributed by atoms with E-state index >= 15 is 0 Å². The second kappa shape index (κ2) is 8.91. The van der Waals surface area contributed by atoms with Crippen LogP contribution in [0.4, 0.5) is 5.69 Å². The number of anilines is 1. The molecule has 0 fully saturated rings. The summed E-state index contributed by atoms with van der Waals surface area (Å²) in [7, 11) is 0. The zero-order valence-corrected chi connectivity index (χ0v) is 19.0. The van der Waals surface area contributed by atoms with Crippen molar-refractivity contribution in [1.82, 2.24) is 25.1 Å². The van der Waals surface area contributed by atoms with Gasteiger partial charge in [0.1, 0.15) is 5.01 Å². The molecule has 1 amide bonds. The predicted octanol–water partition coefficient (Wildman–Crippen LogP) is 4.67. The van der Waals surface area contributed by atoms with Gasteiger partial charge in [-0.3, -0.25) is 10.1 Å². The first-order valence-electron chi connectivity index (χ1n) is 9.98. The van der Waals surface area contributed by atoms with Crippen LogP contribution in [0, 0.1) is 0 Å². The largest absolute Gasteiger partial charge is 0.332 e. The van der Waals surface area contributed by atoms with Crippen LogP contribution in [0.3, 0.4) is 0 Å². The van der Waals surface area contributed by atoms with Crippen LogP contribution in [-0.2, 0) is 6.42 Å². The average Bonchev–Trinajstić information content (AvgIpc) is 3.35. The highest BCUT2D eigenvalue weighted by molar-refractivity contribution is 7.80. The van der Waals surface area contributed by atoms with E-state index in [9.17, 15) is 4.79 Å². The summed E-state index contributed by atoms with van der Waals surface area (Å²) in [6.07, 6.45) is 0.776. The normalized spacial score (nSPS) is 11.1. The third kappa shape index (κ3) is 4.62. The molecule has 2 aromatic carbocycles. The molecule has 0 saturated carbocycles. The molecule has 4 aromatic rings. The molecule has 0 radical (unpaired) electrons. The highest BCUT2D eigenvalue weighted by atomic mass is 32.1. The summed E-state index contributed by atoms with van der Waals surface area (Å²) in [6, 6.07) is 15.2. The standard InChI is InChI=1S/C22H22N6OS2/c1-4-18-25-26-22-28(18)27-20(31-22)16-9-11-17(12-10-16)23-21(30)24-19(29)15-7-5-14(6-8-15)13(2)3/h5-13H,4H2,1-3H3,(H2,23,24,29,30). The Kier molecular flexibility index (Phi) is 6.06. The van der Waals surface area contributed by atoms with Gasteiger partial charge in [0.05, 0.1) is 0 Å². The van der Waals surface area contributed by atoms with Gasteiger partial charge in [0.2, 0.25) is 4.96 Å². The monoisotopic (exact) mass is 450 g/mol. The minimum Gasteiger partial charge on any atom is -0.332 e. The molecular formula is C22H22N6OS2. The van der Waals surface area contributed by atoms with Crippen LogP contribution in [0.2, 0.25) is 0 Å². The summed E-state index contributed by atoms with van der Waals surface area (Å²) in [5, 5.41) is 19.8. The van der Waals surface area contributed by atoms with Crippen molar-refractivity contribution in [3.8, 4) is 10.6 Å². The molecule has 0 aliphatic rings. The third-order valence-electron chi connectivity index (χ3n) is 4.83. The van der Waals surface area contributed by atoms with Crippen molar-refractivity contribution in [2.45, 2.75) is 33.1 Å². The molecule has 0 bridgehead atoms. The molecular weight excluding hydrogens is 428 g/mol. The molecule has 4 rings (SSSR count). The lowest BCUT2D eigenvalue weighted by Crippen LogP contribution is -2.34. The Hall–Kier alpha value is -3.17. The Balaban J connectivity index is 1.39. The van der Waals surface area contributed by atoms with Crippen molar-refractivity contribution in [2.75, 3.05) is 5.32 Å². The molecule has 7 nitrogen and oxygen atoms in total. The molecule has 2 aromatic heterocycles. The first-order valence-corrected chi connectivity index (χ1v) is 11.2. The van der Waals surface area contributed by atoms with Gasteiger partial charge < -0.3 is 5.32 Å². The number of rotatable bonds is 5. The van der Waals surface area contributed by atoms with Gasteiger partial charge in [-0.25, -0.2) is 0 Å². The number of aromatic nitrogens is 4. The lowest BCUT2D eigenvalue weighted by Gasteiger charge is -2.11. The molecule has 158 valence electrons. The Morgan fingerprint density at radius 2 is 1.81 bits per heavy atom. The van der Waals surface area contributed by atoms with Gasteiger partial charge in [-0.1, -0.05) is 44.2 Å². The molecule has 0 unspecified atom stereocenters. The fourth-order valence-electron chi connectivity index (χ4n) is 3.05. The highest BCUT2D eigenvalue weighted by Gasteiger charge is 2.12. The Labute approximate surface area is 189 Å². The van der Waals surface area contributed by atoms with Gasteiger partial charge in [-0.15, -0.1) is 10.2 Å². The summed E-state index contributed by atoms with van der Waals surface area (Å²) in [5.74, 6) is 1.02. The van der Waals surface area contributed by atoms with Crippen molar-refractivity contribution in [3.63, 3.8) is 0 Å². The van der Waals surface area contributed by atoms with Crippen LogP contribution in [-0.4, -0.2) is 30.8 Å². The summed E-state index contributed by atoms with van der Waals surface area (Å²) in [6.45, 7) is 6.26. The van der Waals surface area contributed by atoms with Crippen molar-refractivity contribution in [1.29, 1.82) is 0 Å². The van der Waals surface area contributed by atoms with Gasteiger partial charge >= 0.3 is 0 Å². The predicted molar refractivity (Wildman–Crippen MR) is 128 cm³/mol. The van der Waals surface area contributed by atoms with E-state index in [0.29, 0.717) is 11.5 Å². The number of nitrogens with zero attached hydrogens (tertiary/aromatic N) is 4. The van der Waals surface area contributed by atoms with Crippen LogP contribution in [0.25, 0.3) is 15.5 Å². The second-order valence-corrected chi connectivity index (χ2v) is 8.70. The number of hydrogen-bond donors (Lipinski definition) is 2. The van der Waals surface area contributed by atoms with Crippen molar-refractivity contribution < 1.29 is 4.79 Å². The minimum absolute atomic E-state index is 0.240. The number of fused-ring (bicyclic) bond motifs is 1. The number of hydrogen-bond acceptors (Lipinski definition) is 6. The topological polar surface area (TPSA) is 84.2 Å². The van der Waals surface area contributed by atoms with E-state index in [2.05, 4.69) is 39.8 Å². The van der Waals surface area contributed by atoms with Crippen molar-refractivity contribution in [2.24, 2.45) is 0 Å². The maximum atomic E-state index is 12.4. The average molecular weight is 451 g/mol. The van der Waals surface area contributed by atoms with E-state index in [0.717, 1.165) is 33.5 Å². The Bertz CT molecular complexity index is 1230. The minimum atomic E-state index is -0.240. The van der Waals surface area contributed by atoms with E-state index < -0.39 is 0 Å². The maximum absolute atomic E-state index is 12.4. The summed E-state index contributed by atoms with van der Waals surface area (Å²) < 4.78 is 1.78. The highest BCUT2D eigenvalue weighted by Crippen LogP contribution is 2.26. The lowest BCUT2D eigenvalue weighted by molar-refractivity contribution is 0.0977. The number of carbonyl (C=O) groups excluding carboxylic acids is 1. The van der Waals surface area contributed by atoms with Crippen LogP contribution in [0.1, 0.15) is 48.4 Å². The number of amides is 1. The molecule has 0 saturated heterocycles. The quantitative estimate of drug-likeness (QED) is 0.430. The third-order valence-corrected chi connectivity index (χ3v) is 5.98. The van der Waals surface area contributed by atoms with Crippen molar-refractivity contribution >= 4 is 45.2 Å². The number of aryl methyl sites for hydroxylation is 1. The fraction of sp³-hybridized carbons (Fsp3) is 0.227. The van der Waals surface area contributed by atoms with Gasteiger partial charge in [0, 0.05) is 23.2 Å². The number of thiocarbonyl (C=S) groups is 1. The molecule has 31 heavy (non-hydrogen) atoms. The smallest absolute Gasteiger partial charge is 0.257 e. The van der Waals surface area contributed by atoms with Crippen LogP contribution in [0.15, 0.2) is 48.5 Å². The van der Waals surface area contributed by atoms with Gasteiger partial charge in [-0.05, 0) is 60.1 Å². The van der Waals surface area contributed by atoms with Crippen LogP contribution < -0.4 is 10.6 Å². The van der Waals surface area contributed by atoms with Crippen LogP contribution in [0.5, 0.6) is 0 Å². The summed E-state index contributed by atoms with van der Waals surface area (Å²) >= 11 is 6.78. The van der Waals surface area contributed by atoms with E-state index in [4.69, 9.17) is 12.2 Å². The van der Waals surface area contributed by atoms with E-state index in [1.54, 1.807) is 4.52 Å². The fourth-order valence-corrected chi connectivity index (χ4v) is 4.12. The first kappa shape index (κ1) is 21.1. The molecule has 0 aliphatic carbocycles. The lowest BCUT2D eigenvalue weighted by atomic mass is 10.0. The number of benzene rings is 2. The zero-order valence-electron chi connectivity index (χ0n) is 17.4. The molecule has 2 N–H and O–H groups in total. The van der Waals surface area contributed by atoms with E-state index in [1.165, 1.54) is 16.9 Å². The Morgan fingerprint density at radius 3 is 2.45 bits per heavy atom. The Morgan fingerprint density at radius 1 is 1.10 bits per heavy atom. The molecule has 2 heterocycles. The molecule has 0 atom stereocenters. The molecule has 9 heteroatoms. The SMILES string of the molecule is CCc1nnc2sc(-c3ccc(NC(=S)NC(=O)c4ccc(C(C)C)cc4)cc3)nn12. The maximum Gasteiger partial charge on any atom is 0.257 e. The molecule has 0 spiro atoms. The van der Waals surface area contributed by atoms with Gasteiger partial charge in [-0.2, -0.15) is 9.61 Å². The van der Waals surface area contributed by atoms with Crippen LogP contribution >= 0.6 is 23.6 Å². The summed E-state index contributed by atoms with van der Waals surface area (Å²) in [5.41, 5.74) is 3.51. The van der Waals surface area contributed by atoms with Gasteiger partial charge in [0.25, 0.3) is 5.91 Å². The first-order chi connectivity index (χ1) is 14.9. The van der Waals surface area contributed by atoms with E-state index in [-0.39, 0.29) is 11.0 Å².